The van der Waals surface area contributed by atoms with E-state index in [0.717, 1.165) is 11.1 Å². The predicted octanol–water partition coefficient (Wildman–Crippen LogP) is 7.73. The van der Waals surface area contributed by atoms with E-state index in [4.69, 9.17) is 37.2 Å². The van der Waals surface area contributed by atoms with Gasteiger partial charge in [0.2, 0.25) is 5.91 Å². The lowest BCUT2D eigenvalue weighted by Gasteiger charge is -2.18. The second-order valence-electron chi connectivity index (χ2n) is 18.2. The second kappa shape index (κ2) is 21.9. The largest absolute Gasteiger partial charge is 0.524 e. The lowest BCUT2D eigenvalue weighted by Crippen LogP contribution is -2.30. The van der Waals surface area contributed by atoms with Gasteiger partial charge in [0.15, 0.2) is 0 Å². The summed E-state index contributed by atoms with van der Waals surface area (Å²) in [7, 11) is -8.20. The molecule has 0 fully saturated rings. The number of imidazole rings is 1. The van der Waals surface area contributed by atoms with Crippen LogP contribution in [-0.2, 0) is 46.6 Å². The number of phosphoric acid groups is 2. The summed E-state index contributed by atoms with van der Waals surface area (Å²) in [5, 5.41) is 5.10. The lowest BCUT2D eigenvalue weighted by molar-refractivity contribution is -0.137. The summed E-state index contributed by atoms with van der Waals surface area (Å²) in [6, 6.07) is 20.3. The van der Waals surface area contributed by atoms with E-state index < -0.39 is 27.5 Å². The van der Waals surface area contributed by atoms with Crippen molar-refractivity contribution in [3.8, 4) is 11.5 Å². The first kappa shape index (κ1) is 53.2. The third-order valence-corrected chi connectivity index (χ3v) is 15.1. The van der Waals surface area contributed by atoms with E-state index in [1.165, 1.54) is 51.1 Å². The second-order valence-corrected chi connectivity index (χ2v) is 21.2. The molecular formula is C52H50Cl2N6O13P2. The Kier molecular flexibility index (Phi) is 15.5. The molecule has 0 unspecified atom stereocenters. The van der Waals surface area contributed by atoms with Crippen LogP contribution < -0.4 is 24.2 Å². The number of hydrogen-bond acceptors (Lipinski definition) is 10. The first-order chi connectivity index (χ1) is 35.8. The zero-order chi connectivity index (χ0) is 53.3. The standard InChI is InChI=1S/C52H50Cl2N6O13P2/c1-57-43(22-23-55-44(61)13-3-2-8-24-58-45(62)20-21-46(58)63)56-51-31(16-18-47(64)59-29-33(27-53)49-37-11-6-4-9-35(37)41(25-39(49)59)72-74(66,67)68)14-15-32(52(51)57)17-19-48(65)60-30-34(28-54)50-38-12-7-5-10-36(38)42(26-40(50)60)73-75(69,70)71/h4-7,9-12,14-21,25-26,33-34H,2-3,8,13,22-24,27-30H2,1H3,(H,55,61)(H2,66,67,68)(H2,69,70,71)/t33-,34-/m1/s1. The number of nitrogens with one attached hydrogen (secondary N) is 1. The minimum Gasteiger partial charge on any atom is -0.404 e. The maximum absolute atomic E-state index is 14.3. The Morgan fingerprint density at radius 3 is 1.72 bits per heavy atom. The minimum absolute atomic E-state index is 0.0968. The summed E-state index contributed by atoms with van der Waals surface area (Å²) in [6.07, 6.45) is 10.7. The molecule has 75 heavy (non-hydrogen) atoms. The molecule has 5 N–H and O–H groups in total. The third kappa shape index (κ3) is 11.3. The maximum Gasteiger partial charge on any atom is 0.524 e. The first-order valence-corrected chi connectivity index (χ1v) is 28.0. The third-order valence-electron chi connectivity index (χ3n) is 13.4. The van der Waals surface area contributed by atoms with Gasteiger partial charge in [0.25, 0.3) is 23.6 Å². The summed E-state index contributed by atoms with van der Waals surface area (Å²) in [5.41, 5.74) is 4.40. The summed E-state index contributed by atoms with van der Waals surface area (Å²) in [5.74, 6) is -1.72. The van der Waals surface area contributed by atoms with Crippen molar-refractivity contribution < 1.29 is 61.7 Å². The molecule has 3 aliphatic heterocycles. The highest BCUT2D eigenvalue weighted by Gasteiger charge is 2.37. The molecule has 390 valence electrons. The van der Waals surface area contributed by atoms with Gasteiger partial charge in [-0.1, -0.05) is 67.1 Å². The molecule has 5 aromatic carbocycles. The monoisotopic (exact) mass is 1100 g/mol. The van der Waals surface area contributed by atoms with Gasteiger partial charge < -0.3 is 28.7 Å². The lowest BCUT2D eigenvalue weighted by atomic mass is 9.95. The van der Waals surface area contributed by atoms with Crippen LogP contribution >= 0.6 is 38.8 Å². The van der Waals surface area contributed by atoms with Crippen molar-refractivity contribution in [2.24, 2.45) is 7.05 Å². The zero-order valence-corrected chi connectivity index (χ0v) is 43.5. The van der Waals surface area contributed by atoms with Gasteiger partial charge in [-0.3, -0.25) is 48.4 Å². The Bertz CT molecular complexity index is 3500. The summed E-state index contributed by atoms with van der Waals surface area (Å²) in [4.78, 5) is 113. The topological polar surface area (TPSA) is 258 Å². The summed E-state index contributed by atoms with van der Waals surface area (Å²) in [6.45, 7) is 0.863. The molecule has 0 aliphatic carbocycles. The van der Waals surface area contributed by atoms with Crippen LogP contribution in [0.5, 0.6) is 11.5 Å². The average molecular weight is 1100 g/mol. The van der Waals surface area contributed by atoms with Crippen LogP contribution in [0.1, 0.15) is 65.6 Å². The van der Waals surface area contributed by atoms with Crippen molar-refractivity contribution in [1.29, 1.82) is 0 Å². The van der Waals surface area contributed by atoms with Crippen LogP contribution in [0.2, 0.25) is 0 Å². The minimum atomic E-state index is -4.99. The Hall–Kier alpha value is -6.66. The van der Waals surface area contributed by atoms with Gasteiger partial charge in [-0.05, 0) is 46.9 Å². The van der Waals surface area contributed by atoms with Crippen LogP contribution in [0.25, 0.3) is 44.7 Å². The number of fused-ring (bicyclic) bond motifs is 7. The fourth-order valence-electron chi connectivity index (χ4n) is 10.1. The number of alkyl halides is 2. The molecule has 0 radical (unpaired) electrons. The number of rotatable bonds is 19. The van der Waals surface area contributed by atoms with Crippen molar-refractivity contribution in [2.75, 3.05) is 47.7 Å². The summed E-state index contributed by atoms with van der Waals surface area (Å²) >= 11 is 12.9. The van der Waals surface area contributed by atoms with E-state index in [1.807, 2.05) is 4.57 Å². The first-order valence-electron chi connectivity index (χ1n) is 23.8. The molecule has 0 bridgehead atoms. The van der Waals surface area contributed by atoms with Gasteiger partial charge in [0.1, 0.15) is 17.3 Å². The van der Waals surface area contributed by atoms with E-state index in [9.17, 15) is 52.7 Å². The number of halogens is 2. The normalized spacial score (nSPS) is 16.7. The Morgan fingerprint density at radius 1 is 0.720 bits per heavy atom. The fraction of sp³-hybridized carbons (Fsp3) is 0.269. The highest BCUT2D eigenvalue weighted by atomic mass is 35.5. The molecule has 5 amide bonds. The molecule has 0 spiro atoms. The predicted molar refractivity (Wildman–Crippen MR) is 285 cm³/mol. The van der Waals surface area contributed by atoms with E-state index >= 15 is 0 Å². The quantitative estimate of drug-likeness (QED) is 0.0171. The number of nitrogens with zero attached hydrogens (tertiary/aromatic N) is 5. The molecule has 4 heterocycles. The average Bonchev–Trinajstić information content (AvgIpc) is 4.14. The number of hydrogen-bond donors (Lipinski definition) is 5. The molecule has 2 atom stereocenters. The molecule has 0 saturated heterocycles. The maximum atomic E-state index is 14.3. The van der Waals surface area contributed by atoms with Crippen molar-refractivity contribution >= 4 is 124 Å². The van der Waals surface area contributed by atoms with Crippen LogP contribution in [0, 0.1) is 0 Å². The van der Waals surface area contributed by atoms with E-state index in [0.29, 0.717) is 86.6 Å². The number of aryl methyl sites for hydroxylation is 1. The van der Waals surface area contributed by atoms with Gasteiger partial charge in [-0.25, -0.2) is 14.1 Å². The van der Waals surface area contributed by atoms with E-state index in [1.54, 1.807) is 79.9 Å². The van der Waals surface area contributed by atoms with Gasteiger partial charge in [-0.15, -0.1) is 23.2 Å². The number of phosphoric ester groups is 2. The van der Waals surface area contributed by atoms with E-state index in [-0.39, 0.29) is 85.4 Å². The smallest absolute Gasteiger partial charge is 0.404 e. The molecular weight excluding hydrogens is 1050 g/mol. The van der Waals surface area contributed by atoms with Crippen molar-refractivity contribution in [3.63, 3.8) is 0 Å². The SMILES string of the molecule is Cn1c(CCNC(=O)CCCCCN2C(=O)C=CC2=O)nc2c(C=CC(=O)N3C[C@@H](CCl)c4c3cc(OP(=O)(O)O)c3ccccc43)ccc(C=CC(=O)N3C[C@@H](CCl)c4c3cc(OP(=O)(O)O)c3ccccc43)c21. The number of imide groups is 1. The number of benzene rings is 5. The highest BCUT2D eigenvalue weighted by molar-refractivity contribution is 7.47. The number of unbranched alkanes of at least 4 members (excludes halogenated alkanes) is 2. The Balaban J connectivity index is 0.998. The van der Waals surface area contributed by atoms with Crippen molar-refractivity contribution in [2.45, 2.75) is 43.9 Å². The Morgan fingerprint density at radius 2 is 1.21 bits per heavy atom. The molecule has 6 aromatic rings. The van der Waals surface area contributed by atoms with Crippen LogP contribution in [0.3, 0.4) is 0 Å². The number of aromatic nitrogens is 2. The zero-order valence-electron chi connectivity index (χ0n) is 40.2. The Labute approximate surface area is 439 Å². The number of anilines is 2. The van der Waals surface area contributed by atoms with Gasteiger partial charge in [-0.2, -0.15) is 0 Å². The van der Waals surface area contributed by atoms with Crippen LogP contribution in [-0.4, -0.2) is 101 Å². The van der Waals surface area contributed by atoms with Crippen LogP contribution in [0.4, 0.5) is 11.4 Å². The molecule has 0 saturated carbocycles. The van der Waals surface area contributed by atoms with E-state index in [2.05, 4.69) is 5.32 Å². The summed E-state index contributed by atoms with van der Waals surface area (Å²) < 4.78 is 36.2. The molecule has 19 nitrogen and oxygen atoms in total. The van der Waals surface area contributed by atoms with Crippen molar-refractivity contribution in [1.82, 2.24) is 19.8 Å². The molecule has 9 rings (SSSR count). The molecule has 23 heteroatoms. The number of carbonyl (C=O) groups excluding carboxylic acids is 5. The molecule has 3 aliphatic rings. The van der Waals surface area contributed by atoms with Gasteiger partial charge in [0.05, 0.1) is 22.4 Å². The fourth-order valence-corrected chi connectivity index (χ4v) is 11.4. The number of carbonyl (C=O) groups is 5. The van der Waals surface area contributed by atoms with Crippen molar-refractivity contribution in [3.05, 3.63) is 125 Å². The van der Waals surface area contributed by atoms with Crippen LogP contribution in [0.15, 0.2) is 97.1 Å². The highest BCUT2D eigenvalue weighted by Crippen LogP contribution is 2.51. The molecule has 1 aromatic heterocycles. The van der Waals surface area contributed by atoms with Gasteiger partial charge in [0, 0.05) is 128 Å². The number of amides is 5. The van der Waals surface area contributed by atoms with Gasteiger partial charge >= 0.3 is 15.6 Å².